The van der Waals surface area contributed by atoms with Gasteiger partial charge >= 0.3 is 0 Å². The van der Waals surface area contributed by atoms with Crippen LogP contribution in [0.5, 0.6) is 0 Å². The lowest BCUT2D eigenvalue weighted by Gasteiger charge is -2.16. The molecule has 1 rings (SSSR count). The van der Waals surface area contributed by atoms with E-state index in [1.54, 1.807) is 0 Å². The van der Waals surface area contributed by atoms with Gasteiger partial charge in [-0.2, -0.15) is 0 Å². The van der Waals surface area contributed by atoms with Gasteiger partial charge in [-0.1, -0.05) is 13.8 Å². The van der Waals surface area contributed by atoms with E-state index in [9.17, 15) is 0 Å². The molecule has 9 heavy (non-hydrogen) atoms. The van der Waals surface area contributed by atoms with E-state index in [-0.39, 0.29) is 1.43 Å². The van der Waals surface area contributed by atoms with E-state index in [1.165, 1.54) is 0 Å². The van der Waals surface area contributed by atoms with Gasteiger partial charge in [0.1, 0.15) is 0 Å². The number of nitrogens with two attached hydrogens (primary N) is 1. The van der Waals surface area contributed by atoms with Crippen LogP contribution in [0.15, 0.2) is 0 Å². The minimum Gasteiger partial charge on any atom is -0.381 e. The molecule has 0 saturated carbocycles. The van der Waals surface area contributed by atoms with Gasteiger partial charge in [-0.3, -0.25) is 0 Å². The summed E-state index contributed by atoms with van der Waals surface area (Å²) in [4.78, 5) is 0. The summed E-state index contributed by atoms with van der Waals surface area (Å²) >= 11 is 0. The lowest BCUT2D eigenvalue weighted by atomic mass is 10.1. The Morgan fingerprint density at radius 1 is 1.33 bits per heavy atom. The summed E-state index contributed by atoms with van der Waals surface area (Å²) in [5.74, 6) is 0. The Kier molecular flexibility index (Phi) is 5.99. The van der Waals surface area contributed by atoms with Crippen molar-refractivity contribution in [3.05, 3.63) is 0 Å². The number of ether oxygens (including phenoxy) is 1. The zero-order valence-corrected chi connectivity index (χ0v) is 6.39. The predicted octanol–water partition coefficient (Wildman–Crippen LogP) is 1.40. The maximum absolute atomic E-state index is 5.55. The lowest BCUT2D eigenvalue weighted by molar-refractivity contribution is 0.0866. The molecule has 1 saturated heterocycles. The van der Waals surface area contributed by atoms with Crippen LogP contribution in [0.2, 0.25) is 0 Å². The summed E-state index contributed by atoms with van der Waals surface area (Å²) in [6.07, 6.45) is 2.08. The Labute approximate surface area is 58.9 Å². The van der Waals surface area contributed by atoms with Crippen LogP contribution in [0.3, 0.4) is 0 Å². The Morgan fingerprint density at radius 3 is 2.00 bits per heavy atom. The van der Waals surface area contributed by atoms with E-state index in [2.05, 4.69) is 0 Å². The highest BCUT2D eigenvalue weighted by Gasteiger charge is 2.06. The second kappa shape index (κ2) is 6.05. The van der Waals surface area contributed by atoms with Crippen molar-refractivity contribution >= 4 is 0 Å². The monoisotopic (exact) mass is 133 g/mol. The number of hydrogen-bond acceptors (Lipinski definition) is 2. The molecule has 0 aliphatic carbocycles. The standard InChI is InChI=1S/C5H11NO.C2H6.H2/c6-5-1-3-7-4-2-5;1-2;/h5H,1-4,6H2;1-2H3;1H. The minimum absolute atomic E-state index is 0. The molecule has 1 aliphatic heterocycles. The maximum Gasteiger partial charge on any atom is 0.0480 e. The molecule has 2 heteroatoms. The zero-order chi connectivity index (χ0) is 7.11. The molecule has 0 bridgehead atoms. The third kappa shape index (κ3) is 4.43. The van der Waals surface area contributed by atoms with Gasteiger partial charge < -0.3 is 10.5 Å². The van der Waals surface area contributed by atoms with Gasteiger partial charge in [0.15, 0.2) is 0 Å². The molecule has 0 aromatic rings. The third-order valence-electron chi connectivity index (χ3n) is 1.27. The molecule has 1 heterocycles. The highest BCUT2D eigenvalue weighted by Crippen LogP contribution is 2.01. The second-order valence-electron chi connectivity index (χ2n) is 1.95. The fraction of sp³-hybridized carbons (Fsp3) is 1.00. The summed E-state index contributed by atoms with van der Waals surface area (Å²) in [5.41, 5.74) is 5.55. The quantitative estimate of drug-likeness (QED) is 0.542. The molecule has 0 aromatic carbocycles. The molecule has 2 N–H and O–H groups in total. The normalized spacial score (nSPS) is 20.3. The van der Waals surface area contributed by atoms with Crippen LogP contribution in [0.4, 0.5) is 0 Å². The van der Waals surface area contributed by atoms with Crippen LogP contribution in [0, 0.1) is 0 Å². The Bertz CT molecular complexity index is 55.6. The van der Waals surface area contributed by atoms with E-state index in [0.717, 1.165) is 26.1 Å². The first kappa shape index (κ1) is 8.92. The molecule has 2 nitrogen and oxygen atoms in total. The van der Waals surface area contributed by atoms with Gasteiger partial charge in [0, 0.05) is 20.7 Å². The minimum atomic E-state index is 0. The fourth-order valence-corrected chi connectivity index (χ4v) is 0.716. The van der Waals surface area contributed by atoms with Gasteiger partial charge in [0.2, 0.25) is 0 Å². The van der Waals surface area contributed by atoms with Crippen LogP contribution >= 0.6 is 0 Å². The SMILES string of the molecule is CC.NC1CCOCC1.[HH]. The first-order valence-electron chi connectivity index (χ1n) is 3.73. The first-order chi connectivity index (χ1) is 4.39. The molecule has 0 spiro atoms. The summed E-state index contributed by atoms with van der Waals surface area (Å²) in [6, 6.07) is 0.411. The molecule has 0 aromatic heterocycles. The zero-order valence-electron chi connectivity index (χ0n) is 6.39. The molecule has 0 amide bonds. The van der Waals surface area contributed by atoms with Crippen molar-refractivity contribution in [1.29, 1.82) is 0 Å². The van der Waals surface area contributed by atoms with Crippen LogP contribution in [0.25, 0.3) is 0 Å². The highest BCUT2D eigenvalue weighted by atomic mass is 16.5. The van der Waals surface area contributed by atoms with Crippen molar-refractivity contribution in [3.63, 3.8) is 0 Å². The summed E-state index contributed by atoms with van der Waals surface area (Å²) in [5, 5.41) is 0. The molecular formula is C7H19NO. The van der Waals surface area contributed by atoms with Crippen molar-refractivity contribution in [2.75, 3.05) is 13.2 Å². The average molecular weight is 133 g/mol. The number of hydrogen-bond donors (Lipinski definition) is 1. The van der Waals surface area contributed by atoms with Crippen LogP contribution in [-0.4, -0.2) is 19.3 Å². The van der Waals surface area contributed by atoms with E-state index < -0.39 is 0 Å². The molecule has 1 aliphatic rings. The van der Waals surface area contributed by atoms with E-state index in [4.69, 9.17) is 10.5 Å². The predicted molar refractivity (Wildman–Crippen MR) is 41.5 cm³/mol. The van der Waals surface area contributed by atoms with Gasteiger partial charge in [-0.05, 0) is 12.8 Å². The summed E-state index contributed by atoms with van der Waals surface area (Å²) < 4.78 is 5.06. The van der Waals surface area contributed by atoms with E-state index >= 15 is 0 Å². The van der Waals surface area contributed by atoms with E-state index in [0.29, 0.717) is 6.04 Å². The van der Waals surface area contributed by atoms with Crippen LogP contribution in [0.1, 0.15) is 28.1 Å². The van der Waals surface area contributed by atoms with Gasteiger partial charge in [0.05, 0.1) is 0 Å². The average Bonchev–Trinajstić information content (AvgIpc) is 1.94. The van der Waals surface area contributed by atoms with Gasteiger partial charge in [0.25, 0.3) is 0 Å². The largest absolute Gasteiger partial charge is 0.381 e. The molecule has 58 valence electrons. The van der Waals surface area contributed by atoms with Crippen molar-refractivity contribution < 1.29 is 6.16 Å². The summed E-state index contributed by atoms with van der Waals surface area (Å²) in [7, 11) is 0. The van der Waals surface area contributed by atoms with E-state index in [1.807, 2.05) is 13.8 Å². The Hall–Kier alpha value is -0.0800. The molecule has 0 radical (unpaired) electrons. The van der Waals surface area contributed by atoms with Crippen molar-refractivity contribution in [1.82, 2.24) is 0 Å². The third-order valence-corrected chi connectivity index (χ3v) is 1.27. The van der Waals surface area contributed by atoms with Crippen LogP contribution < -0.4 is 5.73 Å². The fourth-order valence-electron chi connectivity index (χ4n) is 0.716. The lowest BCUT2D eigenvalue weighted by Crippen LogP contribution is -2.28. The molecule has 0 unspecified atom stereocenters. The van der Waals surface area contributed by atoms with Crippen molar-refractivity contribution in [2.24, 2.45) is 5.73 Å². The summed E-state index contributed by atoms with van der Waals surface area (Å²) in [6.45, 7) is 5.72. The first-order valence-corrected chi connectivity index (χ1v) is 3.73. The molecule has 1 fully saturated rings. The number of rotatable bonds is 0. The maximum atomic E-state index is 5.55. The molecular weight excluding hydrogens is 114 g/mol. The van der Waals surface area contributed by atoms with Gasteiger partial charge in [-0.25, -0.2) is 0 Å². The van der Waals surface area contributed by atoms with Crippen molar-refractivity contribution in [3.8, 4) is 0 Å². The topological polar surface area (TPSA) is 35.2 Å². The van der Waals surface area contributed by atoms with Gasteiger partial charge in [-0.15, -0.1) is 0 Å². The Balaban J connectivity index is 0. The highest BCUT2D eigenvalue weighted by molar-refractivity contribution is 4.63. The van der Waals surface area contributed by atoms with Crippen molar-refractivity contribution in [2.45, 2.75) is 32.7 Å². The second-order valence-corrected chi connectivity index (χ2v) is 1.95. The molecule has 0 atom stereocenters. The smallest absolute Gasteiger partial charge is 0.0480 e. The van der Waals surface area contributed by atoms with Crippen LogP contribution in [-0.2, 0) is 4.74 Å². The Morgan fingerprint density at radius 2 is 1.78 bits per heavy atom.